The van der Waals surface area contributed by atoms with Crippen molar-refractivity contribution in [2.75, 3.05) is 26.7 Å². The molecule has 31 heavy (non-hydrogen) atoms. The fourth-order valence-corrected chi connectivity index (χ4v) is 6.43. The van der Waals surface area contributed by atoms with Gasteiger partial charge in [0.05, 0.1) is 13.0 Å². The van der Waals surface area contributed by atoms with Gasteiger partial charge >= 0.3 is 0 Å². The van der Waals surface area contributed by atoms with Crippen molar-refractivity contribution < 1.29 is 9.53 Å². The van der Waals surface area contributed by atoms with E-state index in [-0.39, 0.29) is 17.4 Å². The highest BCUT2D eigenvalue weighted by Gasteiger charge is 2.52. The average molecular weight is 420 g/mol. The maximum Gasteiger partial charge on any atom is 0.228 e. The van der Waals surface area contributed by atoms with Crippen LogP contribution >= 0.6 is 0 Å². The first kappa shape index (κ1) is 20.5. The number of piperidine rings is 1. The first-order valence-corrected chi connectivity index (χ1v) is 11.7. The number of likely N-dealkylation sites (tertiary alicyclic amines) is 1. The molecule has 5 heteroatoms. The van der Waals surface area contributed by atoms with Crippen molar-refractivity contribution >= 4 is 5.91 Å². The fourth-order valence-electron chi connectivity index (χ4n) is 6.43. The van der Waals surface area contributed by atoms with E-state index in [2.05, 4.69) is 58.5 Å². The first-order chi connectivity index (χ1) is 15.1. The van der Waals surface area contributed by atoms with Gasteiger partial charge in [-0.15, -0.1) is 0 Å². The normalized spacial score (nSPS) is 30.3. The van der Waals surface area contributed by atoms with Gasteiger partial charge in [0.2, 0.25) is 11.8 Å². The zero-order valence-corrected chi connectivity index (χ0v) is 18.6. The number of nitrogens with zero attached hydrogens (tertiary/aromatic N) is 2. The molecule has 1 aromatic heterocycles. The average Bonchev–Trinajstić information content (AvgIpc) is 3.23. The Hall–Kier alpha value is -2.40. The summed E-state index contributed by atoms with van der Waals surface area (Å²) in [5.41, 5.74) is 3.74. The van der Waals surface area contributed by atoms with Crippen molar-refractivity contribution in [3.63, 3.8) is 0 Å². The van der Waals surface area contributed by atoms with Gasteiger partial charge in [0.1, 0.15) is 0 Å². The summed E-state index contributed by atoms with van der Waals surface area (Å²) in [5, 5.41) is 3.57. The van der Waals surface area contributed by atoms with Gasteiger partial charge < -0.3 is 15.0 Å². The van der Waals surface area contributed by atoms with Gasteiger partial charge in [0.25, 0.3) is 0 Å². The molecule has 5 nitrogen and oxygen atoms in total. The monoisotopic (exact) mass is 419 g/mol. The predicted octanol–water partition coefficient (Wildman–Crippen LogP) is 3.68. The maximum atomic E-state index is 13.9. The molecule has 2 aliphatic heterocycles. The smallest absolute Gasteiger partial charge is 0.228 e. The van der Waals surface area contributed by atoms with E-state index in [4.69, 9.17) is 4.74 Å². The number of hydrogen-bond acceptors (Lipinski definition) is 4. The van der Waals surface area contributed by atoms with Gasteiger partial charge in [-0.2, -0.15) is 0 Å². The minimum atomic E-state index is -0.142. The van der Waals surface area contributed by atoms with E-state index in [0.717, 1.165) is 57.6 Å². The Morgan fingerprint density at radius 1 is 1.26 bits per heavy atom. The van der Waals surface area contributed by atoms with E-state index in [1.165, 1.54) is 16.7 Å². The highest BCUT2D eigenvalue weighted by atomic mass is 16.5. The minimum Gasteiger partial charge on any atom is -0.481 e. The van der Waals surface area contributed by atoms with Crippen molar-refractivity contribution in [2.45, 2.75) is 56.4 Å². The Kier molecular flexibility index (Phi) is 5.47. The van der Waals surface area contributed by atoms with Crippen molar-refractivity contribution in [1.82, 2.24) is 15.2 Å². The van der Waals surface area contributed by atoms with Crippen LogP contribution in [0.5, 0.6) is 5.88 Å². The summed E-state index contributed by atoms with van der Waals surface area (Å²) in [6.07, 6.45) is 7.03. The molecule has 3 aliphatic rings. The third-order valence-electron chi connectivity index (χ3n) is 7.98. The number of hydrogen-bond donors (Lipinski definition) is 1. The van der Waals surface area contributed by atoms with Crippen molar-refractivity contribution in [3.05, 3.63) is 59.3 Å². The molecule has 5 rings (SSSR count). The van der Waals surface area contributed by atoms with E-state index in [1.54, 1.807) is 7.11 Å². The summed E-state index contributed by atoms with van der Waals surface area (Å²) in [4.78, 5) is 20.5. The van der Waals surface area contributed by atoms with Crippen LogP contribution in [0, 0.1) is 5.92 Å². The number of ether oxygens (including phenoxy) is 1. The van der Waals surface area contributed by atoms with Crippen molar-refractivity contribution in [1.29, 1.82) is 0 Å². The SMILES string of the molecule is COc1nccc2c1CCCC21CNCC1C(=O)N1CCC(c2ccccc2)CC1C. The van der Waals surface area contributed by atoms with Crippen LogP contribution in [0.25, 0.3) is 0 Å². The van der Waals surface area contributed by atoms with E-state index in [1.807, 2.05) is 6.20 Å². The van der Waals surface area contributed by atoms with Crippen molar-refractivity contribution in [3.8, 4) is 5.88 Å². The van der Waals surface area contributed by atoms with Gasteiger partial charge in [0, 0.05) is 42.9 Å². The van der Waals surface area contributed by atoms with Gasteiger partial charge in [-0.3, -0.25) is 4.79 Å². The van der Waals surface area contributed by atoms with Gasteiger partial charge in [-0.05, 0) is 62.1 Å². The zero-order chi connectivity index (χ0) is 21.4. The summed E-state index contributed by atoms with van der Waals surface area (Å²) in [6.45, 7) is 4.69. The number of fused-ring (bicyclic) bond motifs is 2. The lowest BCUT2D eigenvalue weighted by Gasteiger charge is -2.44. The second kappa shape index (κ2) is 8.27. The Bertz CT molecular complexity index is 947. The molecule has 2 fully saturated rings. The number of pyridine rings is 1. The molecule has 1 aliphatic carbocycles. The number of amides is 1. The Morgan fingerprint density at radius 3 is 2.87 bits per heavy atom. The summed E-state index contributed by atoms with van der Waals surface area (Å²) >= 11 is 0. The van der Waals surface area contributed by atoms with E-state index < -0.39 is 0 Å². The van der Waals surface area contributed by atoms with Crippen molar-refractivity contribution in [2.24, 2.45) is 5.92 Å². The van der Waals surface area contributed by atoms with Crippen LogP contribution in [0.1, 0.15) is 55.2 Å². The number of rotatable bonds is 3. The molecule has 4 atom stereocenters. The summed E-state index contributed by atoms with van der Waals surface area (Å²) in [6, 6.07) is 13.2. The molecule has 2 saturated heterocycles. The fraction of sp³-hybridized carbons (Fsp3) is 0.538. The summed E-state index contributed by atoms with van der Waals surface area (Å²) < 4.78 is 5.57. The quantitative estimate of drug-likeness (QED) is 0.825. The molecule has 3 heterocycles. The number of nitrogens with one attached hydrogen (secondary N) is 1. The molecule has 2 aromatic rings. The third-order valence-corrected chi connectivity index (χ3v) is 7.98. The van der Waals surface area contributed by atoms with Crippen LogP contribution in [0.4, 0.5) is 0 Å². The topological polar surface area (TPSA) is 54.5 Å². The number of aromatic nitrogens is 1. The molecule has 0 radical (unpaired) electrons. The molecule has 4 unspecified atom stereocenters. The number of methoxy groups -OCH3 is 1. The standard InChI is InChI=1S/C26H33N3O2/c1-18-15-20(19-7-4-3-5-8-19)11-14-29(18)25(30)23-16-27-17-26(23)12-6-9-21-22(26)10-13-28-24(21)31-2/h3-5,7-8,10,13,18,20,23,27H,6,9,11-12,14-17H2,1-2H3. The minimum absolute atomic E-state index is 0.0191. The largest absolute Gasteiger partial charge is 0.481 e. The summed E-state index contributed by atoms with van der Waals surface area (Å²) in [7, 11) is 1.69. The first-order valence-electron chi connectivity index (χ1n) is 11.7. The van der Waals surface area contributed by atoms with Crippen LogP contribution in [-0.2, 0) is 16.6 Å². The van der Waals surface area contributed by atoms with Crippen LogP contribution in [-0.4, -0.2) is 48.6 Å². The molecule has 0 saturated carbocycles. The van der Waals surface area contributed by atoms with E-state index >= 15 is 0 Å². The van der Waals surface area contributed by atoms with Crippen LogP contribution < -0.4 is 10.1 Å². The number of carbonyl (C=O) groups excluding carboxylic acids is 1. The van der Waals surface area contributed by atoms with Gasteiger partial charge in [0.15, 0.2) is 0 Å². The third kappa shape index (κ3) is 3.43. The molecule has 164 valence electrons. The maximum absolute atomic E-state index is 13.9. The lowest BCUT2D eigenvalue weighted by atomic mass is 9.64. The zero-order valence-electron chi connectivity index (χ0n) is 18.6. The predicted molar refractivity (Wildman–Crippen MR) is 121 cm³/mol. The molecule has 0 bridgehead atoms. The van der Waals surface area contributed by atoms with E-state index in [0.29, 0.717) is 11.8 Å². The molecule has 1 N–H and O–H groups in total. The number of carbonyl (C=O) groups is 1. The lowest BCUT2D eigenvalue weighted by molar-refractivity contribution is -0.140. The highest BCUT2D eigenvalue weighted by Crippen LogP contribution is 2.48. The van der Waals surface area contributed by atoms with Crippen LogP contribution in [0.3, 0.4) is 0 Å². The van der Waals surface area contributed by atoms with Crippen LogP contribution in [0.15, 0.2) is 42.6 Å². The number of benzene rings is 1. The molecular weight excluding hydrogens is 386 g/mol. The molecule has 1 spiro atoms. The van der Waals surface area contributed by atoms with Gasteiger partial charge in [-0.1, -0.05) is 30.3 Å². The molecule has 1 amide bonds. The van der Waals surface area contributed by atoms with Crippen LogP contribution in [0.2, 0.25) is 0 Å². The Labute approximate surface area is 185 Å². The second-order valence-corrected chi connectivity index (χ2v) is 9.55. The molecule has 1 aromatic carbocycles. The van der Waals surface area contributed by atoms with Gasteiger partial charge in [-0.25, -0.2) is 4.98 Å². The Balaban J connectivity index is 1.39. The second-order valence-electron chi connectivity index (χ2n) is 9.55. The molecular formula is C26H33N3O2. The van der Waals surface area contributed by atoms with E-state index in [9.17, 15) is 4.79 Å². The summed E-state index contributed by atoms with van der Waals surface area (Å²) in [5.74, 6) is 1.58. The highest BCUT2D eigenvalue weighted by molar-refractivity contribution is 5.82. The Morgan fingerprint density at radius 2 is 2.10 bits per heavy atom. The lowest BCUT2D eigenvalue weighted by Crippen LogP contribution is -2.52.